The molecule has 3 aromatic heterocycles. The first-order chi connectivity index (χ1) is 14.5. The summed E-state index contributed by atoms with van der Waals surface area (Å²) < 4.78 is 15.8. The van der Waals surface area contributed by atoms with E-state index in [0.29, 0.717) is 22.1 Å². The maximum absolute atomic E-state index is 14.2. The monoisotopic (exact) mass is 421 g/mol. The molecule has 0 spiro atoms. The van der Waals surface area contributed by atoms with E-state index in [9.17, 15) is 14.0 Å². The van der Waals surface area contributed by atoms with Crippen molar-refractivity contribution in [3.63, 3.8) is 0 Å². The number of aryl methyl sites for hydroxylation is 1. The number of hydrogen-bond acceptors (Lipinski definition) is 6. The standard InChI is InChI=1S/C21H16FN5O2S/c1-12-11-15(13(2)27(12)17-6-4-3-5-16(17)22)18(28)19(29)24-21-26-25-20(30-21)14-7-9-23-10-8-14/h3-11H,1-2H3,(H,24,26,29). The van der Waals surface area contributed by atoms with Crippen LogP contribution in [0.3, 0.4) is 0 Å². The fraction of sp³-hybridized carbons (Fsp3) is 0.0952. The third-order valence-electron chi connectivity index (χ3n) is 4.55. The van der Waals surface area contributed by atoms with Gasteiger partial charge in [0.25, 0.3) is 11.7 Å². The van der Waals surface area contributed by atoms with Crippen molar-refractivity contribution in [3.8, 4) is 16.3 Å². The second-order valence-electron chi connectivity index (χ2n) is 6.50. The maximum Gasteiger partial charge on any atom is 0.298 e. The molecule has 4 rings (SSSR count). The smallest absolute Gasteiger partial charge is 0.298 e. The zero-order valence-corrected chi connectivity index (χ0v) is 16.9. The number of halogens is 1. The molecular formula is C21H16FN5O2S. The molecule has 7 nitrogen and oxygen atoms in total. The molecule has 0 atom stereocenters. The van der Waals surface area contributed by atoms with Crippen molar-refractivity contribution in [2.24, 2.45) is 0 Å². The van der Waals surface area contributed by atoms with Crippen LogP contribution >= 0.6 is 11.3 Å². The van der Waals surface area contributed by atoms with E-state index in [2.05, 4.69) is 20.5 Å². The van der Waals surface area contributed by atoms with Gasteiger partial charge in [0.1, 0.15) is 10.8 Å². The zero-order chi connectivity index (χ0) is 21.3. The van der Waals surface area contributed by atoms with Crippen LogP contribution in [0.25, 0.3) is 16.3 Å². The van der Waals surface area contributed by atoms with Gasteiger partial charge in [0.05, 0.1) is 5.69 Å². The number of ketones is 1. The zero-order valence-electron chi connectivity index (χ0n) is 16.1. The van der Waals surface area contributed by atoms with Crippen LogP contribution in [0.15, 0.2) is 54.9 Å². The Hall–Kier alpha value is -3.72. The fourth-order valence-corrected chi connectivity index (χ4v) is 3.90. The van der Waals surface area contributed by atoms with Gasteiger partial charge in [-0.2, -0.15) is 0 Å². The molecule has 0 aliphatic carbocycles. The van der Waals surface area contributed by atoms with E-state index in [1.54, 1.807) is 67.2 Å². The summed E-state index contributed by atoms with van der Waals surface area (Å²) in [6.45, 7) is 3.42. The Bertz CT molecular complexity index is 1250. The lowest BCUT2D eigenvalue weighted by atomic mass is 10.1. The average Bonchev–Trinajstić information content (AvgIpc) is 3.33. The van der Waals surface area contributed by atoms with Gasteiger partial charge in [-0.1, -0.05) is 23.5 Å². The van der Waals surface area contributed by atoms with Gasteiger partial charge >= 0.3 is 0 Å². The molecule has 0 aliphatic rings. The largest absolute Gasteiger partial charge is 0.315 e. The number of Topliss-reactive ketones (excluding diaryl/α,β-unsaturated/α-hetero) is 1. The van der Waals surface area contributed by atoms with Crippen LogP contribution in [0.5, 0.6) is 0 Å². The SMILES string of the molecule is Cc1cc(C(=O)C(=O)Nc2nnc(-c3ccncc3)s2)c(C)n1-c1ccccc1F. The first-order valence-corrected chi connectivity index (χ1v) is 9.81. The van der Waals surface area contributed by atoms with Crippen LogP contribution < -0.4 is 5.32 Å². The Morgan fingerprint density at radius 2 is 1.80 bits per heavy atom. The summed E-state index contributed by atoms with van der Waals surface area (Å²) >= 11 is 1.15. The van der Waals surface area contributed by atoms with E-state index in [1.165, 1.54) is 6.07 Å². The summed E-state index contributed by atoms with van der Waals surface area (Å²) in [4.78, 5) is 29.2. The fourth-order valence-electron chi connectivity index (χ4n) is 3.16. The number of nitrogens with one attached hydrogen (secondary N) is 1. The molecule has 0 fully saturated rings. The van der Waals surface area contributed by atoms with E-state index in [1.807, 2.05) is 0 Å². The normalized spacial score (nSPS) is 10.8. The molecule has 0 saturated heterocycles. The Balaban J connectivity index is 1.57. The number of carbonyl (C=O) groups excluding carboxylic acids is 2. The van der Waals surface area contributed by atoms with Crippen molar-refractivity contribution in [1.82, 2.24) is 19.7 Å². The van der Waals surface area contributed by atoms with E-state index in [0.717, 1.165) is 16.9 Å². The highest BCUT2D eigenvalue weighted by Gasteiger charge is 2.24. The van der Waals surface area contributed by atoms with Crippen LogP contribution in [0.2, 0.25) is 0 Å². The molecule has 0 aliphatic heterocycles. The number of carbonyl (C=O) groups is 2. The molecule has 1 N–H and O–H groups in total. The van der Waals surface area contributed by atoms with E-state index >= 15 is 0 Å². The highest BCUT2D eigenvalue weighted by atomic mass is 32.1. The number of benzene rings is 1. The van der Waals surface area contributed by atoms with E-state index in [-0.39, 0.29) is 10.7 Å². The van der Waals surface area contributed by atoms with Crippen molar-refractivity contribution < 1.29 is 14.0 Å². The summed E-state index contributed by atoms with van der Waals surface area (Å²) in [5, 5.41) is 11.2. The minimum atomic E-state index is -0.832. The Kier molecular flexibility index (Phi) is 5.20. The molecule has 4 aromatic rings. The highest BCUT2D eigenvalue weighted by molar-refractivity contribution is 7.18. The molecule has 30 heavy (non-hydrogen) atoms. The molecule has 3 heterocycles. The molecule has 0 saturated carbocycles. The van der Waals surface area contributed by atoms with Gasteiger partial charge in [0, 0.05) is 34.9 Å². The number of aromatic nitrogens is 4. The number of hydrogen-bond donors (Lipinski definition) is 1. The third-order valence-corrected chi connectivity index (χ3v) is 5.44. The quantitative estimate of drug-likeness (QED) is 0.389. The van der Waals surface area contributed by atoms with Crippen LogP contribution in [0.1, 0.15) is 21.7 Å². The van der Waals surface area contributed by atoms with Gasteiger partial charge in [-0.05, 0) is 44.2 Å². The number of anilines is 1. The molecule has 9 heteroatoms. The van der Waals surface area contributed by atoms with Gasteiger partial charge in [-0.25, -0.2) is 4.39 Å². The molecule has 0 unspecified atom stereocenters. The van der Waals surface area contributed by atoms with Gasteiger partial charge in [0.2, 0.25) is 5.13 Å². The van der Waals surface area contributed by atoms with Crippen LogP contribution in [0, 0.1) is 19.7 Å². The van der Waals surface area contributed by atoms with Gasteiger partial charge in [-0.15, -0.1) is 10.2 Å². The summed E-state index contributed by atoms with van der Waals surface area (Å²) in [7, 11) is 0. The number of para-hydroxylation sites is 1. The lowest BCUT2D eigenvalue weighted by Gasteiger charge is -2.10. The van der Waals surface area contributed by atoms with Crippen LogP contribution in [-0.2, 0) is 4.79 Å². The topological polar surface area (TPSA) is 89.8 Å². The predicted molar refractivity (Wildman–Crippen MR) is 111 cm³/mol. The molecule has 0 radical (unpaired) electrons. The molecular weight excluding hydrogens is 405 g/mol. The lowest BCUT2D eigenvalue weighted by Crippen LogP contribution is -2.23. The number of amides is 1. The summed E-state index contributed by atoms with van der Waals surface area (Å²) in [5.41, 5.74) is 2.45. The number of pyridine rings is 1. The molecule has 1 aromatic carbocycles. The van der Waals surface area contributed by atoms with Crippen molar-refractivity contribution in [1.29, 1.82) is 0 Å². The number of nitrogens with zero attached hydrogens (tertiary/aromatic N) is 4. The van der Waals surface area contributed by atoms with E-state index < -0.39 is 17.5 Å². The second-order valence-corrected chi connectivity index (χ2v) is 7.48. The maximum atomic E-state index is 14.2. The van der Waals surface area contributed by atoms with Crippen molar-refractivity contribution in [3.05, 3.63) is 77.6 Å². The van der Waals surface area contributed by atoms with Crippen LogP contribution in [-0.4, -0.2) is 31.4 Å². The second kappa shape index (κ2) is 7.96. The summed E-state index contributed by atoms with van der Waals surface area (Å²) in [5.74, 6) is -1.98. The van der Waals surface area contributed by atoms with Gasteiger partial charge in [-0.3, -0.25) is 19.9 Å². The molecule has 0 bridgehead atoms. The summed E-state index contributed by atoms with van der Waals surface area (Å²) in [6.07, 6.45) is 3.26. The number of rotatable bonds is 5. The van der Waals surface area contributed by atoms with Crippen molar-refractivity contribution >= 4 is 28.2 Å². The third kappa shape index (κ3) is 3.62. The first kappa shape index (κ1) is 19.6. The summed E-state index contributed by atoms with van der Waals surface area (Å²) in [6, 6.07) is 11.4. The molecule has 150 valence electrons. The average molecular weight is 421 g/mol. The highest BCUT2D eigenvalue weighted by Crippen LogP contribution is 2.26. The van der Waals surface area contributed by atoms with Gasteiger partial charge in [0.15, 0.2) is 0 Å². The Morgan fingerprint density at radius 3 is 2.53 bits per heavy atom. The van der Waals surface area contributed by atoms with Gasteiger partial charge < -0.3 is 4.57 Å². The lowest BCUT2D eigenvalue weighted by molar-refractivity contribution is -0.112. The Morgan fingerprint density at radius 1 is 1.07 bits per heavy atom. The first-order valence-electron chi connectivity index (χ1n) is 8.99. The minimum Gasteiger partial charge on any atom is -0.315 e. The van der Waals surface area contributed by atoms with Crippen molar-refractivity contribution in [2.75, 3.05) is 5.32 Å². The molecule has 1 amide bonds. The predicted octanol–water partition coefficient (Wildman–Crippen LogP) is 3.97. The van der Waals surface area contributed by atoms with Crippen molar-refractivity contribution in [2.45, 2.75) is 13.8 Å². The van der Waals surface area contributed by atoms with E-state index in [4.69, 9.17) is 0 Å². The van der Waals surface area contributed by atoms with Crippen LogP contribution in [0.4, 0.5) is 9.52 Å². The minimum absolute atomic E-state index is 0.201. The Labute approximate surface area is 175 Å².